The molecule has 6 rings (SSSR count). The van der Waals surface area contributed by atoms with Crippen molar-refractivity contribution < 1.29 is 0 Å². The van der Waals surface area contributed by atoms with Crippen LogP contribution < -0.4 is 9.80 Å². The third-order valence-corrected chi connectivity index (χ3v) is 7.96. The number of rotatable bonds is 7. The number of hydrogen-bond acceptors (Lipinski definition) is 5. The van der Waals surface area contributed by atoms with Gasteiger partial charge in [0.25, 0.3) is 0 Å². The van der Waals surface area contributed by atoms with Crippen LogP contribution in [0.15, 0.2) is 79.0 Å². The van der Waals surface area contributed by atoms with E-state index in [1.807, 2.05) is 12.1 Å². The minimum Gasteiger partial charge on any atom is -0.368 e. The molecule has 184 valence electrons. The highest BCUT2D eigenvalue weighted by Gasteiger charge is 2.34. The van der Waals surface area contributed by atoms with Crippen molar-refractivity contribution in [2.75, 3.05) is 43.0 Å². The summed E-state index contributed by atoms with van der Waals surface area (Å²) in [4.78, 5) is 12.5. The number of benzene rings is 2. The first-order valence-corrected chi connectivity index (χ1v) is 13.0. The first kappa shape index (κ1) is 22.8. The predicted octanol–water partition coefficient (Wildman–Crippen LogP) is 5.20. The second-order valence-electron chi connectivity index (χ2n) is 10.2. The molecular weight excluding hydrogens is 444 g/mol. The Morgan fingerprint density at radius 1 is 0.889 bits per heavy atom. The molecule has 0 atom stereocenters. The Balaban J connectivity index is 1.10. The molecule has 4 aromatic rings. The number of nitrogens with zero attached hydrogens (tertiary/aromatic N) is 5. The average molecular weight is 479 g/mol. The monoisotopic (exact) mass is 478 g/mol. The van der Waals surface area contributed by atoms with Crippen molar-refractivity contribution in [2.24, 2.45) is 0 Å². The van der Waals surface area contributed by atoms with Gasteiger partial charge in [0.1, 0.15) is 11.5 Å². The molecular formula is C30H34N6. The number of anilines is 2. The van der Waals surface area contributed by atoms with Gasteiger partial charge in [-0.1, -0.05) is 42.5 Å². The maximum Gasteiger partial charge on any atom is 0.142 e. The first-order chi connectivity index (χ1) is 17.7. The van der Waals surface area contributed by atoms with E-state index in [-0.39, 0.29) is 0 Å². The molecule has 0 bridgehead atoms. The molecule has 2 aromatic carbocycles. The third-order valence-electron chi connectivity index (χ3n) is 7.96. The van der Waals surface area contributed by atoms with Crippen LogP contribution in [0, 0.1) is 5.41 Å². The van der Waals surface area contributed by atoms with Gasteiger partial charge in [-0.15, -0.1) is 0 Å². The van der Waals surface area contributed by atoms with E-state index >= 15 is 0 Å². The van der Waals surface area contributed by atoms with Gasteiger partial charge in [-0.25, -0.2) is 4.98 Å². The summed E-state index contributed by atoms with van der Waals surface area (Å²) in [6.45, 7) is 4.87. The van der Waals surface area contributed by atoms with Gasteiger partial charge >= 0.3 is 0 Å². The SMILES string of the molecule is CN(Cc1ccccc1)[C@H]1C[C@@H](n2ccc3ccc(N4CCN(c5ccc(C=N)cc5)CC4)nc32)C1. The van der Waals surface area contributed by atoms with Crippen LogP contribution in [0.5, 0.6) is 0 Å². The van der Waals surface area contributed by atoms with Crippen LogP contribution in [0.25, 0.3) is 11.0 Å². The summed E-state index contributed by atoms with van der Waals surface area (Å²) in [6, 6.07) is 26.8. The largest absolute Gasteiger partial charge is 0.368 e. The molecule has 1 aliphatic carbocycles. The summed E-state index contributed by atoms with van der Waals surface area (Å²) in [7, 11) is 2.25. The third kappa shape index (κ3) is 4.49. The molecule has 2 aromatic heterocycles. The number of nitrogens with one attached hydrogen (secondary N) is 1. The van der Waals surface area contributed by atoms with Gasteiger partial charge in [-0.2, -0.15) is 0 Å². The van der Waals surface area contributed by atoms with E-state index in [0.29, 0.717) is 12.1 Å². The molecule has 1 aliphatic heterocycles. The normalized spacial score (nSPS) is 20.1. The van der Waals surface area contributed by atoms with Crippen molar-refractivity contribution in [2.45, 2.75) is 31.5 Å². The van der Waals surface area contributed by atoms with Gasteiger partial charge in [0, 0.05) is 68.3 Å². The average Bonchev–Trinajstić information content (AvgIpc) is 3.31. The predicted molar refractivity (Wildman–Crippen MR) is 148 cm³/mol. The van der Waals surface area contributed by atoms with Crippen LogP contribution >= 0.6 is 0 Å². The second-order valence-corrected chi connectivity index (χ2v) is 10.2. The van der Waals surface area contributed by atoms with Crippen molar-refractivity contribution in [3.63, 3.8) is 0 Å². The maximum atomic E-state index is 7.40. The molecule has 0 unspecified atom stereocenters. The van der Waals surface area contributed by atoms with E-state index in [2.05, 4.69) is 93.2 Å². The lowest BCUT2D eigenvalue weighted by molar-refractivity contribution is 0.102. The molecule has 1 saturated heterocycles. The number of aromatic nitrogens is 2. The smallest absolute Gasteiger partial charge is 0.142 e. The molecule has 0 amide bonds. The number of piperazine rings is 1. The molecule has 1 saturated carbocycles. The summed E-state index contributed by atoms with van der Waals surface area (Å²) in [5.41, 5.74) is 4.67. The van der Waals surface area contributed by atoms with Gasteiger partial charge in [-0.05, 0) is 61.3 Å². The van der Waals surface area contributed by atoms with Gasteiger partial charge in [-0.3, -0.25) is 4.90 Å². The molecule has 0 spiro atoms. The van der Waals surface area contributed by atoms with Crippen LogP contribution in [0.3, 0.4) is 0 Å². The van der Waals surface area contributed by atoms with Crippen LogP contribution in [-0.4, -0.2) is 59.9 Å². The molecule has 0 radical (unpaired) electrons. The first-order valence-electron chi connectivity index (χ1n) is 13.0. The highest BCUT2D eigenvalue weighted by molar-refractivity contribution is 5.79. The summed E-state index contributed by atoms with van der Waals surface area (Å²) < 4.78 is 2.41. The Kier molecular flexibility index (Phi) is 6.20. The zero-order chi connectivity index (χ0) is 24.5. The number of pyridine rings is 1. The Morgan fingerprint density at radius 2 is 1.61 bits per heavy atom. The summed E-state index contributed by atoms with van der Waals surface area (Å²) in [6.07, 6.45) is 5.98. The summed E-state index contributed by atoms with van der Waals surface area (Å²) in [5.74, 6) is 1.08. The second kappa shape index (κ2) is 9.78. The van der Waals surface area contributed by atoms with Gasteiger partial charge in [0.15, 0.2) is 0 Å². The molecule has 6 nitrogen and oxygen atoms in total. The fraction of sp³-hybridized carbons (Fsp3) is 0.333. The molecule has 1 N–H and O–H groups in total. The Hall–Kier alpha value is -3.64. The molecule has 2 aliphatic rings. The minimum absolute atomic E-state index is 0.522. The molecule has 36 heavy (non-hydrogen) atoms. The molecule has 3 heterocycles. The van der Waals surface area contributed by atoms with E-state index in [4.69, 9.17) is 10.4 Å². The van der Waals surface area contributed by atoms with Crippen LogP contribution in [0.4, 0.5) is 11.5 Å². The summed E-state index contributed by atoms with van der Waals surface area (Å²) >= 11 is 0. The maximum absolute atomic E-state index is 7.40. The van der Waals surface area contributed by atoms with E-state index in [1.165, 1.54) is 35.7 Å². The zero-order valence-corrected chi connectivity index (χ0v) is 20.9. The van der Waals surface area contributed by atoms with Gasteiger partial charge in [0.2, 0.25) is 0 Å². The fourth-order valence-corrected chi connectivity index (χ4v) is 5.61. The summed E-state index contributed by atoms with van der Waals surface area (Å²) in [5, 5.41) is 8.62. The van der Waals surface area contributed by atoms with Crippen molar-refractivity contribution >= 4 is 28.8 Å². The number of hydrogen-bond donors (Lipinski definition) is 1. The van der Waals surface area contributed by atoms with E-state index in [1.54, 1.807) is 0 Å². The topological polar surface area (TPSA) is 51.4 Å². The van der Waals surface area contributed by atoms with Gasteiger partial charge in [0.05, 0.1) is 0 Å². The van der Waals surface area contributed by atoms with Gasteiger partial charge < -0.3 is 19.8 Å². The lowest BCUT2D eigenvalue weighted by atomic mass is 9.85. The lowest BCUT2D eigenvalue weighted by Crippen LogP contribution is -2.46. The Labute approximate surface area is 213 Å². The minimum atomic E-state index is 0.522. The van der Waals surface area contributed by atoms with E-state index in [9.17, 15) is 0 Å². The van der Waals surface area contributed by atoms with Crippen LogP contribution in [0.2, 0.25) is 0 Å². The highest BCUT2D eigenvalue weighted by atomic mass is 15.3. The van der Waals surface area contributed by atoms with E-state index in [0.717, 1.165) is 49.8 Å². The standard InChI is InChI=1S/C30H34N6/c1-33(22-24-5-3-2-4-6-24)27-19-28(20-27)36-14-13-25-9-12-29(32-30(25)36)35-17-15-34(16-18-35)26-10-7-23(21-31)8-11-26/h2-14,21,27-28,31H,15-20,22H2,1H3/t27-,28+. The van der Waals surface area contributed by atoms with Crippen LogP contribution in [-0.2, 0) is 6.54 Å². The van der Waals surface area contributed by atoms with Crippen molar-refractivity contribution in [3.8, 4) is 0 Å². The zero-order valence-electron chi connectivity index (χ0n) is 20.9. The van der Waals surface area contributed by atoms with Crippen molar-refractivity contribution in [1.82, 2.24) is 14.5 Å². The fourth-order valence-electron chi connectivity index (χ4n) is 5.61. The quantitative estimate of drug-likeness (QED) is 0.371. The number of fused-ring (bicyclic) bond motifs is 1. The molecule has 2 fully saturated rings. The lowest BCUT2D eigenvalue weighted by Gasteiger charge is -2.42. The van der Waals surface area contributed by atoms with E-state index < -0.39 is 0 Å². The Bertz CT molecular complexity index is 1310. The van der Waals surface area contributed by atoms with Crippen molar-refractivity contribution in [1.29, 1.82) is 5.41 Å². The van der Waals surface area contributed by atoms with Crippen molar-refractivity contribution in [3.05, 3.63) is 90.1 Å². The molecule has 6 heteroatoms. The Morgan fingerprint density at radius 3 is 2.33 bits per heavy atom. The highest BCUT2D eigenvalue weighted by Crippen LogP contribution is 2.38. The van der Waals surface area contributed by atoms with Crippen LogP contribution in [0.1, 0.15) is 30.0 Å².